The standard InChI is InChI=1S/C13H26N2O3/c1-3-13(17,4-2)11-14-6-5-12(16)15-7-9-18-10-8-15/h14,17H,3-11H2,1-2H3. The Morgan fingerprint density at radius 3 is 2.50 bits per heavy atom. The number of carbonyl (C=O) groups excluding carboxylic acids is 1. The van der Waals surface area contributed by atoms with E-state index in [0.29, 0.717) is 45.8 Å². The second-order valence-corrected chi connectivity index (χ2v) is 4.85. The van der Waals surface area contributed by atoms with Crippen LogP contribution in [0.5, 0.6) is 0 Å². The fraction of sp³-hybridized carbons (Fsp3) is 0.923. The third-order valence-corrected chi connectivity index (χ3v) is 3.65. The van der Waals surface area contributed by atoms with Crippen LogP contribution in [0.25, 0.3) is 0 Å². The van der Waals surface area contributed by atoms with Gasteiger partial charge in [0.2, 0.25) is 5.91 Å². The molecule has 0 aliphatic carbocycles. The summed E-state index contributed by atoms with van der Waals surface area (Å²) in [6.07, 6.45) is 1.95. The Morgan fingerprint density at radius 2 is 1.94 bits per heavy atom. The largest absolute Gasteiger partial charge is 0.389 e. The Morgan fingerprint density at radius 1 is 1.33 bits per heavy atom. The highest BCUT2D eigenvalue weighted by molar-refractivity contribution is 5.76. The number of hydrogen-bond donors (Lipinski definition) is 2. The van der Waals surface area contributed by atoms with E-state index in [9.17, 15) is 9.90 Å². The number of ether oxygens (including phenoxy) is 1. The summed E-state index contributed by atoms with van der Waals surface area (Å²) in [6, 6.07) is 0. The fourth-order valence-electron chi connectivity index (χ4n) is 1.99. The molecule has 5 heteroatoms. The number of morpholine rings is 1. The van der Waals surface area contributed by atoms with Crippen LogP contribution in [0.15, 0.2) is 0 Å². The normalized spacial score (nSPS) is 16.9. The van der Waals surface area contributed by atoms with Gasteiger partial charge in [0.15, 0.2) is 0 Å². The van der Waals surface area contributed by atoms with Crippen LogP contribution in [0.4, 0.5) is 0 Å². The van der Waals surface area contributed by atoms with Crippen LogP contribution in [0.1, 0.15) is 33.1 Å². The molecule has 0 aromatic rings. The molecule has 5 nitrogen and oxygen atoms in total. The first-order valence-corrected chi connectivity index (χ1v) is 6.90. The van der Waals surface area contributed by atoms with Crippen molar-refractivity contribution in [3.05, 3.63) is 0 Å². The maximum Gasteiger partial charge on any atom is 0.224 e. The van der Waals surface area contributed by atoms with Crippen molar-refractivity contribution >= 4 is 5.91 Å². The third-order valence-electron chi connectivity index (χ3n) is 3.65. The Hall–Kier alpha value is -0.650. The van der Waals surface area contributed by atoms with Crippen molar-refractivity contribution in [3.63, 3.8) is 0 Å². The summed E-state index contributed by atoms with van der Waals surface area (Å²) < 4.78 is 5.21. The molecule has 1 saturated heterocycles. The first-order valence-electron chi connectivity index (χ1n) is 6.90. The van der Waals surface area contributed by atoms with Gasteiger partial charge in [-0.2, -0.15) is 0 Å². The number of carbonyl (C=O) groups is 1. The number of amides is 1. The van der Waals surface area contributed by atoms with Crippen LogP contribution >= 0.6 is 0 Å². The lowest BCUT2D eigenvalue weighted by molar-refractivity contribution is -0.135. The molecule has 1 amide bonds. The van der Waals surface area contributed by atoms with Gasteiger partial charge < -0.3 is 20.1 Å². The van der Waals surface area contributed by atoms with E-state index in [-0.39, 0.29) is 5.91 Å². The fourth-order valence-corrected chi connectivity index (χ4v) is 1.99. The number of rotatable bonds is 7. The average molecular weight is 258 g/mol. The average Bonchev–Trinajstić information content (AvgIpc) is 2.44. The second kappa shape index (κ2) is 7.71. The molecule has 0 atom stereocenters. The smallest absolute Gasteiger partial charge is 0.224 e. The van der Waals surface area contributed by atoms with Crippen LogP contribution in [0.2, 0.25) is 0 Å². The van der Waals surface area contributed by atoms with Gasteiger partial charge in [-0.3, -0.25) is 4.79 Å². The molecule has 0 radical (unpaired) electrons. The lowest BCUT2D eigenvalue weighted by Crippen LogP contribution is -2.43. The molecule has 1 aliphatic heterocycles. The van der Waals surface area contributed by atoms with Gasteiger partial charge in [-0.1, -0.05) is 13.8 Å². The van der Waals surface area contributed by atoms with Crippen LogP contribution in [0.3, 0.4) is 0 Å². The van der Waals surface area contributed by atoms with Gasteiger partial charge in [0.1, 0.15) is 0 Å². The van der Waals surface area contributed by atoms with Gasteiger partial charge in [-0.05, 0) is 12.8 Å². The number of aliphatic hydroxyl groups is 1. The number of nitrogens with one attached hydrogen (secondary N) is 1. The van der Waals surface area contributed by atoms with E-state index >= 15 is 0 Å². The van der Waals surface area contributed by atoms with Crippen molar-refractivity contribution in [2.75, 3.05) is 39.4 Å². The lowest BCUT2D eigenvalue weighted by atomic mass is 9.98. The predicted octanol–water partition coefficient (Wildman–Crippen LogP) is 0.376. The molecule has 0 spiro atoms. The van der Waals surface area contributed by atoms with Crippen molar-refractivity contribution in [1.82, 2.24) is 10.2 Å². The van der Waals surface area contributed by atoms with Crippen LogP contribution in [-0.2, 0) is 9.53 Å². The van der Waals surface area contributed by atoms with Crippen molar-refractivity contribution in [2.24, 2.45) is 0 Å². The zero-order valence-corrected chi connectivity index (χ0v) is 11.6. The lowest BCUT2D eigenvalue weighted by Gasteiger charge is -2.28. The van der Waals surface area contributed by atoms with Gasteiger partial charge in [0, 0.05) is 32.6 Å². The summed E-state index contributed by atoms with van der Waals surface area (Å²) in [4.78, 5) is 13.7. The van der Waals surface area contributed by atoms with E-state index < -0.39 is 5.60 Å². The molecule has 1 aliphatic rings. The molecule has 0 aromatic heterocycles. The van der Waals surface area contributed by atoms with Gasteiger partial charge in [0.25, 0.3) is 0 Å². The predicted molar refractivity (Wildman–Crippen MR) is 70.4 cm³/mol. The third kappa shape index (κ3) is 4.92. The van der Waals surface area contributed by atoms with Crippen molar-refractivity contribution in [2.45, 2.75) is 38.7 Å². The summed E-state index contributed by atoms with van der Waals surface area (Å²) in [6.45, 7) is 7.82. The van der Waals surface area contributed by atoms with Crippen molar-refractivity contribution in [3.8, 4) is 0 Å². The summed E-state index contributed by atoms with van der Waals surface area (Å²) in [7, 11) is 0. The Labute approximate surface area is 109 Å². The first-order chi connectivity index (χ1) is 8.61. The van der Waals surface area contributed by atoms with Crippen LogP contribution < -0.4 is 5.32 Å². The van der Waals surface area contributed by atoms with Gasteiger partial charge >= 0.3 is 0 Å². The van der Waals surface area contributed by atoms with E-state index in [4.69, 9.17) is 4.74 Å². The van der Waals surface area contributed by atoms with Gasteiger partial charge in [-0.15, -0.1) is 0 Å². The van der Waals surface area contributed by atoms with Crippen molar-refractivity contribution in [1.29, 1.82) is 0 Å². The number of nitrogens with zero attached hydrogens (tertiary/aromatic N) is 1. The zero-order valence-electron chi connectivity index (χ0n) is 11.6. The molecule has 18 heavy (non-hydrogen) atoms. The number of hydrogen-bond acceptors (Lipinski definition) is 4. The monoisotopic (exact) mass is 258 g/mol. The molecule has 1 fully saturated rings. The maximum absolute atomic E-state index is 11.8. The summed E-state index contributed by atoms with van der Waals surface area (Å²) in [5, 5.41) is 13.2. The van der Waals surface area contributed by atoms with Crippen molar-refractivity contribution < 1.29 is 14.6 Å². The topological polar surface area (TPSA) is 61.8 Å². The molecule has 2 N–H and O–H groups in total. The molecule has 1 rings (SSSR count). The molecule has 1 heterocycles. The van der Waals surface area contributed by atoms with E-state index in [2.05, 4.69) is 5.32 Å². The minimum Gasteiger partial charge on any atom is -0.389 e. The van der Waals surface area contributed by atoms with Gasteiger partial charge in [-0.25, -0.2) is 0 Å². The molecular formula is C13H26N2O3. The highest BCUT2D eigenvalue weighted by Crippen LogP contribution is 2.12. The van der Waals surface area contributed by atoms with Gasteiger partial charge in [0.05, 0.1) is 18.8 Å². The first kappa shape index (κ1) is 15.4. The minimum absolute atomic E-state index is 0.169. The molecule has 0 saturated carbocycles. The molecule has 0 bridgehead atoms. The van der Waals surface area contributed by atoms with E-state index in [1.165, 1.54) is 0 Å². The highest BCUT2D eigenvalue weighted by Gasteiger charge is 2.21. The molecule has 0 aromatic carbocycles. The zero-order chi connectivity index (χ0) is 13.4. The minimum atomic E-state index is -0.637. The van der Waals surface area contributed by atoms with E-state index in [1.54, 1.807) is 0 Å². The van der Waals surface area contributed by atoms with Crippen LogP contribution in [0, 0.1) is 0 Å². The highest BCUT2D eigenvalue weighted by atomic mass is 16.5. The SMILES string of the molecule is CCC(O)(CC)CNCCC(=O)N1CCOCC1. The summed E-state index contributed by atoms with van der Waals surface area (Å²) in [5.41, 5.74) is -0.637. The Balaban J connectivity index is 2.15. The van der Waals surface area contributed by atoms with E-state index in [1.807, 2.05) is 18.7 Å². The molecule has 106 valence electrons. The van der Waals surface area contributed by atoms with Crippen LogP contribution in [-0.4, -0.2) is 60.9 Å². The molecular weight excluding hydrogens is 232 g/mol. The maximum atomic E-state index is 11.8. The summed E-state index contributed by atoms with van der Waals surface area (Å²) in [5.74, 6) is 0.169. The summed E-state index contributed by atoms with van der Waals surface area (Å²) >= 11 is 0. The Kier molecular flexibility index (Phi) is 6.60. The van der Waals surface area contributed by atoms with E-state index in [0.717, 1.165) is 12.8 Å². The Bertz CT molecular complexity index is 249. The molecule has 0 unspecified atom stereocenters. The second-order valence-electron chi connectivity index (χ2n) is 4.85. The quantitative estimate of drug-likeness (QED) is 0.648.